The van der Waals surface area contributed by atoms with Crippen LogP contribution in [-0.4, -0.2) is 15.2 Å². The Hall–Kier alpha value is -2.21. The molecule has 0 atom stereocenters. The van der Waals surface area contributed by atoms with Crippen molar-refractivity contribution < 1.29 is 14.0 Å². The molecule has 0 aliphatic carbocycles. The molecule has 19 heavy (non-hydrogen) atoms. The van der Waals surface area contributed by atoms with Gasteiger partial charge in [0.1, 0.15) is 16.4 Å². The third-order valence-corrected chi connectivity index (χ3v) is 3.57. The van der Waals surface area contributed by atoms with Gasteiger partial charge in [0.05, 0.1) is 0 Å². The van der Waals surface area contributed by atoms with Crippen LogP contribution < -0.4 is 0 Å². The first-order chi connectivity index (χ1) is 9.15. The quantitative estimate of drug-likeness (QED) is 0.776. The molecular weight excluding hydrogens is 267 g/mol. The highest BCUT2D eigenvalue weighted by Crippen LogP contribution is 2.34. The molecule has 0 saturated carbocycles. The van der Waals surface area contributed by atoms with Crippen LogP contribution in [0.2, 0.25) is 0 Å². The van der Waals surface area contributed by atoms with Crippen molar-refractivity contribution in [1.29, 1.82) is 0 Å². The maximum atomic E-state index is 13.2. The van der Waals surface area contributed by atoms with Crippen LogP contribution in [0.5, 0.6) is 5.75 Å². The summed E-state index contributed by atoms with van der Waals surface area (Å²) in [6.07, 6.45) is 0. The lowest BCUT2D eigenvalue weighted by Gasteiger charge is -1.97. The number of thiophene rings is 1. The van der Waals surface area contributed by atoms with E-state index in [0.717, 1.165) is 0 Å². The molecule has 0 amide bonds. The van der Waals surface area contributed by atoms with E-state index in [4.69, 9.17) is 4.52 Å². The molecule has 1 aromatic carbocycles. The van der Waals surface area contributed by atoms with Crippen molar-refractivity contribution in [1.82, 2.24) is 10.1 Å². The number of hydrogen-bond donors (Lipinski definition) is 1. The third kappa shape index (κ3) is 2.10. The monoisotopic (exact) mass is 276 g/mol. The van der Waals surface area contributed by atoms with Crippen molar-refractivity contribution in [3.63, 3.8) is 0 Å². The van der Waals surface area contributed by atoms with E-state index in [2.05, 4.69) is 10.1 Å². The van der Waals surface area contributed by atoms with Crippen molar-refractivity contribution >= 4 is 11.3 Å². The van der Waals surface area contributed by atoms with E-state index in [1.165, 1.54) is 17.4 Å². The molecule has 0 bridgehead atoms. The maximum absolute atomic E-state index is 13.2. The number of benzene rings is 1. The van der Waals surface area contributed by atoms with Crippen LogP contribution in [0.1, 0.15) is 5.56 Å². The summed E-state index contributed by atoms with van der Waals surface area (Å²) in [6, 6.07) is 6.17. The molecule has 3 aromatic rings. The fraction of sp³-hybridized carbons (Fsp3) is 0.0769. The summed E-state index contributed by atoms with van der Waals surface area (Å²) < 4.78 is 18.3. The molecule has 2 heterocycles. The fourth-order valence-electron chi connectivity index (χ4n) is 1.68. The Morgan fingerprint density at radius 2 is 2.16 bits per heavy atom. The smallest absolute Gasteiger partial charge is 0.272 e. The number of hydrogen-bond acceptors (Lipinski definition) is 5. The Labute approximate surface area is 112 Å². The van der Waals surface area contributed by atoms with Crippen LogP contribution >= 0.6 is 11.3 Å². The Morgan fingerprint density at radius 3 is 2.84 bits per heavy atom. The number of aryl methyl sites for hydroxylation is 1. The second kappa shape index (κ2) is 4.47. The summed E-state index contributed by atoms with van der Waals surface area (Å²) in [5.41, 5.74) is 1.19. The Bertz CT molecular complexity index is 736. The molecular formula is C13H9FN2O2S. The average Bonchev–Trinajstić information content (AvgIpc) is 3.01. The minimum absolute atomic E-state index is 0.107. The van der Waals surface area contributed by atoms with Crippen LogP contribution in [0, 0.1) is 12.7 Å². The molecule has 0 radical (unpaired) electrons. The number of aromatic hydroxyl groups is 1. The molecule has 0 aliphatic rings. The molecule has 0 saturated heterocycles. The Balaban J connectivity index is 2.01. The van der Waals surface area contributed by atoms with Gasteiger partial charge in [-0.1, -0.05) is 5.16 Å². The lowest BCUT2D eigenvalue weighted by molar-refractivity contribution is 0.427. The molecule has 1 N–H and O–H groups in total. The molecule has 0 aliphatic heterocycles. The molecule has 6 heteroatoms. The maximum Gasteiger partial charge on any atom is 0.272 e. The average molecular weight is 276 g/mol. The molecule has 4 nitrogen and oxygen atoms in total. The van der Waals surface area contributed by atoms with E-state index in [1.54, 1.807) is 30.5 Å². The van der Waals surface area contributed by atoms with Gasteiger partial charge in [0, 0.05) is 5.56 Å². The van der Waals surface area contributed by atoms with Crippen LogP contribution in [0.4, 0.5) is 4.39 Å². The van der Waals surface area contributed by atoms with E-state index in [1.807, 2.05) is 0 Å². The predicted molar refractivity (Wildman–Crippen MR) is 69.4 cm³/mol. The summed E-state index contributed by atoms with van der Waals surface area (Å²) in [7, 11) is 0. The zero-order valence-electron chi connectivity index (χ0n) is 9.92. The standard InChI is InChI=1S/C13H9FN2O2S/c1-7-6-8(2-3-9(7)14)12-15-13(18-16-12)11-10(17)4-5-19-11/h2-6,17H,1H3. The predicted octanol–water partition coefficient (Wildman–Crippen LogP) is 3.62. The SMILES string of the molecule is Cc1cc(-c2noc(-c3sccc3O)n2)ccc1F. The van der Waals surface area contributed by atoms with Crippen molar-refractivity contribution in [2.75, 3.05) is 0 Å². The highest BCUT2D eigenvalue weighted by molar-refractivity contribution is 7.13. The number of aromatic nitrogens is 2. The van der Waals surface area contributed by atoms with E-state index < -0.39 is 0 Å². The normalized spacial score (nSPS) is 10.8. The lowest BCUT2D eigenvalue weighted by atomic mass is 10.1. The summed E-state index contributed by atoms with van der Waals surface area (Å²) in [4.78, 5) is 4.73. The van der Waals surface area contributed by atoms with Gasteiger partial charge in [-0.3, -0.25) is 0 Å². The zero-order valence-corrected chi connectivity index (χ0v) is 10.7. The highest BCUT2D eigenvalue weighted by Gasteiger charge is 2.15. The largest absolute Gasteiger partial charge is 0.506 e. The van der Waals surface area contributed by atoms with Gasteiger partial charge in [-0.25, -0.2) is 4.39 Å². The molecule has 3 rings (SSSR count). The van der Waals surface area contributed by atoms with Gasteiger partial charge < -0.3 is 9.63 Å². The van der Waals surface area contributed by atoms with Crippen LogP contribution in [-0.2, 0) is 0 Å². The van der Waals surface area contributed by atoms with Gasteiger partial charge in [-0.05, 0) is 42.1 Å². The fourth-order valence-corrected chi connectivity index (χ4v) is 2.38. The Kier molecular flexibility index (Phi) is 2.79. The van der Waals surface area contributed by atoms with Gasteiger partial charge in [-0.2, -0.15) is 4.98 Å². The van der Waals surface area contributed by atoms with Gasteiger partial charge >= 0.3 is 0 Å². The number of rotatable bonds is 2. The second-order valence-corrected chi connectivity index (χ2v) is 4.94. The first kappa shape index (κ1) is 11.9. The molecule has 0 spiro atoms. The van der Waals surface area contributed by atoms with E-state index >= 15 is 0 Å². The van der Waals surface area contributed by atoms with E-state index in [-0.39, 0.29) is 17.5 Å². The van der Waals surface area contributed by atoms with Gasteiger partial charge in [-0.15, -0.1) is 11.3 Å². The topological polar surface area (TPSA) is 59.2 Å². The minimum Gasteiger partial charge on any atom is -0.506 e. The molecule has 96 valence electrons. The second-order valence-electron chi connectivity index (χ2n) is 4.02. The molecule has 0 unspecified atom stereocenters. The van der Waals surface area contributed by atoms with Crippen molar-refractivity contribution in [3.05, 3.63) is 41.0 Å². The van der Waals surface area contributed by atoms with E-state index in [0.29, 0.717) is 21.8 Å². The van der Waals surface area contributed by atoms with Crippen LogP contribution in [0.15, 0.2) is 34.2 Å². The highest BCUT2D eigenvalue weighted by atomic mass is 32.1. The summed E-state index contributed by atoms with van der Waals surface area (Å²) in [5.74, 6) is 0.453. The first-order valence-corrected chi connectivity index (χ1v) is 6.40. The minimum atomic E-state index is -0.275. The summed E-state index contributed by atoms with van der Waals surface area (Å²) in [5, 5.41) is 15.2. The number of halogens is 1. The Morgan fingerprint density at radius 1 is 1.32 bits per heavy atom. The van der Waals surface area contributed by atoms with Gasteiger partial charge in [0.15, 0.2) is 0 Å². The van der Waals surface area contributed by atoms with Crippen LogP contribution in [0.3, 0.4) is 0 Å². The van der Waals surface area contributed by atoms with Crippen molar-refractivity contribution in [2.45, 2.75) is 6.92 Å². The van der Waals surface area contributed by atoms with Crippen molar-refractivity contribution in [3.8, 4) is 27.9 Å². The van der Waals surface area contributed by atoms with Gasteiger partial charge in [0.25, 0.3) is 5.89 Å². The lowest BCUT2D eigenvalue weighted by Crippen LogP contribution is -1.85. The molecule has 0 fully saturated rings. The van der Waals surface area contributed by atoms with Crippen LogP contribution in [0.25, 0.3) is 22.2 Å². The van der Waals surface area contributed by atoms with Gasteiger partial charge in [0.2, 0.25) is 5.82 Å². The third-order valence-electron chi connectivity index (χ3n) is 2.68. The molecule has 2 aromatic heterocycles. The summed E-state index contributed by atoms with van der Waals surface area (Å²) >= 11 is 1.31. The first-order valence-electron chi connectivity index (χ1n) is 5.52. The summed E-state index contributed by atoms with van der Waals surface area (Å²) in [6.45, 7) is 1.67. The number of nitrogens with zero attached hydrogens (tertiary/aromatic N) is 2. The zero-order chi connectivity index (χ0) is 13.4. The van der Waals surface area contributed by atoms with E-state index in [9.17, 15) is 9.50 Å². The van der Waals surface area contributed by atoms with Crippen molar-refractivity contribution in [2.24, 2.45) is 0 Å².